The molecule has 0 saturated carbocycles. The second-order valence-corrected chi connectivity index (χ2v) is 4.20. The third-order valence-electron chi connectivity index (χ3n) is 2.27. The van der Waals surface area contributed by atoms with E-state index in [-0.39, 0.29) is 11.3 Å². The van der Waals surface area contributed by atoms with Crippen LogP contribution in [0.1, 0.15) is 31.9 Å². The maximum atomic E-state index is 12.6. The Balaban J connectivity index is 3.30. The highest BCUT2D eigenvalue weighted by Crippen LogP contribution is 2.36. The van der Waals surface area contributed by atoms with E-state index < -0.39 is 17.3 Å². The molecule has 0 spiro atoms. The highest BCUT2D eigenvalue weighted by molar-refractivity contribution is 5.41. The fourth-order valence-corrected chi connectivity index (χ4v) is 1.47. The maximum absolute atomic E-state index is 12.6. The highest BCUT2D eigenvalue weighted by atomic mass is 19.4. The fraction of sp³-hybridized carbons (Fsp3) is 0.500. The van der Waals surface area contributed by atoms with Gasteiger partial charge in [0.05, 0.1) is 17.8 Å². The number of benzene rings is 1. The Hall–Kier alpha value is -1.23. The minimum Gasteiger partial charge on any atom is -0.493 e. The predicted molar refractivity (Wildman–Crippen MR) is 57.9 cm³/mol. The molecule has 0 saturated heterocycles. The normalized spacial score (nSPS) is 12.6. The molecule has 0 radical (unpaired) electrons. The van der Waals surface area contributed by atoms with Crippen molar-refractivity contribution in [2.75, 3.05) is 6.61 Å². The lowest BCUT2D eigenvalue weighted by molar-refractivity contribution is -0.137. The van der Waals surface area contributed by atoms with Crippen molar-refractivity contribution in [3.8, 4) is 5.75 Å². The predicted octanol–water partition coefficient (Wildman–Crippen LogP) is 3.33. The molecule has 1 aromatic carbocycles. The summed E-state index contributed by atoms with van der Waals surface area (Å²) < 4.78 is 42.9. The zero-order chi connectivity index (χ0) is 13.3. The number of halogens is 3. The molecule has 0 amide bonds. The van der Waals surface area contributed by atoms with Gasteiger partial charge in [-0.1, -0.05) is 0 Å². The first kappa shape index (κ1) is 13.8. The molecule has 0 atom stereocenters. The lowest BCUT2D eigenvalue weighted by Crippen LogP contribution is -2.19. The molecule has 0 aromatic heterocycles. The van der Waals surface area contributed by atoms with Gasteiger partial charge < -0.3 is 9.84 Å². The summed E-state index contributed by atoms with van der Waals surface area (Å²) in [7, 11) is 0. The van der Waals surface area contributed by atoms with Crippen LogP contribution in [0.3, 0.4) is 0 Å². The first-order valence-electron chi connectivity index (χ1n) is 5.23. The SMILES string of the molecule is CCOc1ccc(C(F)(F)F)cc1C(C)(C)O. The van der Waals surface area contributed by atoms with Crippen molar-refractivity contribution in [1.29, 1.82) is 0 Å². The average molecular weight is 248 g/mol. The Bertz CT molecular complexity index is 392. The lowest BCUT2D eigenvalue weighted by atomic mass is 9.95. The summed E-state index contributed by atoms with van der Waals surface area (Å²) in [4.78, 5) is 0. The van der Waals surface area contributed by atoms with Crippen LogP contribution >= 0.6 is 0 Å². The molecule has 0 fully saturated rings. The van der Waals surface area contributed by atoms with E-state index in [4.69, 9.17) is 4.74 Å². The molecular formula is C12H15F3O2. The van der Waals surface area contributed by atoms with Gasteiger partial charge in [-0.05, 0) is 39.0 Å². The molecule has 0 bridgehead atoms. The minimum atomic E-state index is -4.43. The molecule has 0 unspecified atom stereocenters. The Morgan fingerprint density at radius 3 is 2.24 bits per heavy atom. The van der Waals surface area contributed by atoms with Crippen molar-refractivity contribution in [2.45, 2.75) is 32.5 Å². The minimum absolute atomic E-state index is 0.133. The van der Waals surface area contributed by atoms with E-state index in [1.54, 1.807) is 6.92 Å². The summed E-state index contributed by atoms with van der Waals surface area (Å²) in [5.41, 5.74) is -2.04. The monoisotopic (exact) mass is 248 g/mol. The van der Waals surface area contributed by atoms with Gasteiger partial charge in [-0.15, -0.1) is 0 Å². The molecule has 2 nitrogen and oxygen atoms in total. The molecule has 1 aromatic rings. The van der Waals surface area contributed by atoms with E-state index in [1.165, 1.54) is 19.9 Å². The Morgan fingerprint density at radius 2 is 1.82 bits per heavy atom. The average Bonchev–Trinajstić information content (AvgIpc) is 2.15. The van der Waals surface area contributed by atoms with Gasteiger partial charge in [0, 0.05) is 5.56 Å². The maximum Gasteiger partial charge on any atom is 0.416 e. The van der Waals surface area contributed by atoms with Crippen molar-refractivity contribution in [2.24, 2.45) is 0 Å². The van der Waals surface area contributed by atoms with E-state index in [9.17, 15) is 18.3 Å². The van der Waals surface area contributed by atoms with E-state index in [1.807, 2.05) is 0 Å². The first-order chi connectivity index (χ1) is 7.66. The number of aliphatic hydroxyl groups is 1. The van der Waals surface area contributed by atoms with Gasteiger partial charge in [0.25, 0.3) is 0 Å². The van der Waals surface area contributed by atoms with E-state index in [2.05, 4.69) is 0 Å². The third kappa shape index (κ3) is 3.36. The Morgan fingerprint density at radius 1 is 1.24 bits per heavy atom. The smallest absolute Gasteiger partial charge is 0.416 e. The third-order valence-corrected chi connectivity index (χ3v) is 2.27. The van der Waals surface area contributed by atoms with Gasteiger partial charge in [0.1, 0.15) is 5.75 Å². The molecule has 17 heavy (non-hydrogen) atoms. The van der Waals surface area contributed by atoms with Crippen LogP contribution in [0.4, 0.5) is 13.2 Å². The summed E-state index contributed by atoms with van der Waals surface area (Å²) in [5, 5.41) is 9.84. The van der Waals surface area contributed by atoms with E-state index >= 15 is 0 Å². The van der Waals surface area contributed by atoms with Gasteiger partial charge in [-0.2, -0.15) is 13.2 Å². The van der Waals surface area contributed by atoms with Crippen molar-refractivity contribution in [3.63, 3.8) is 0 Å². The van der Waals surface area contributed by atoms with E-state index in [0.29, 0.717) is 6.61 Å². The topological polar surface area (TPSA) is 29.5 Å². The van der Waals surface area contributed by atoms with Crippen LogP contribution in [0, 0.1) is 0 Å². The van der Waals surface area contributed by atoms with Gasteiger partial charge in [0.15, 0.2) is 0 Å². The van der Waals surface area contributed by atoms with Crippen molar-refractivity contribution in [1.82, 2.24) is 0 Å². The molecule has 0 aliphatic rings. The number of alkyl halides is 3. The van der Waals surface area contributed by atoms with Crippen LogP contribution in [0.25, 0.3) is 0 Å². The zero-order valence-corrected chi connectivity index (χ0v) is 9.93. The summed E-state index contributed by atoms with van der Waals surface area (Å²) in [6, 6.07) is 3.10. The van der Waals surface area contributed by atoms with Crippen molar-refractivity contribution in [3.05, 3.63) is 29.3 Å². The second kappa shape index (κ2) is 4.56. The van der Waals surface area contributed by atoms with Gasteiger partial charge in [-0.25, -0.2) is 0 Å². The van der Waals surface area contributed by atoms with Gasteiger partial charge in [-0.3, -0.25) is 0 Å². The molecule has 96 valence electrons. The van der Waals surface area contributed by atoms with Crippen molar-refractivity contribution >= 4 is 0 Å². The number of ether oxygens (including phenoxy) is 1. The fourth-order valence-electron chi connectivity index (χ4n) is 1.47. The largest absolute Gasteiger partial charge is 0.493 e. The molecule has 0 aliphatic carbocycles. The number of hydrogen-bond donors (Lipinski definition) is 1. The van der Waals surface area contributed by atoms with E-state index in [0.717, 1.165) is 12.1 Å². The first-order valence-corrected chi connectivity index (χ1v) is 5.23. The molecule has 1 N–H and O–H groups in total. The van der Waals surface area contributed by atoms with Gasteiger partial charge >= 0.3 is 6.18 Å². The lowest BCUT2D eigenvalue weighted by Gasteiger charge is -2.22. The van der Waals surface area contributed by atoms with Crippen LogP contribution in [-0.2, 0) is 11.8 Å². The Kier molecular flexibility index (Phi) is 3.71. The quantitative estimate of drug-likeness (QED) is 0.889. The van der Waals surface area contributed by atoms with Crippen LogP contribution < -0.4 is 4.74 Å². The number of hydrogen-bond acceptors (Lipinski definition) is 2. The number of rotatable bonds is 3. The Labute approximate surface area is 98.0 Å². The molecular weight excluding hydrogens is 233 g/mol. The summed E-state index contributed by atoms with van der Waals surface area (Å²) in [6.07, 6.45) is -4.43. The van der Waals surface area contributed by atoms with Crippen LogP contribution in [0.2, 0.25) is 0 Å². The summed E-state index contributed by atoms with van der Waals surface area (Å²) >= 11 is 0. The molecule has 1 rings (SSSR count). The molecule has 0 aliphatic heterocycles. The summed E-state index contributed by atoms with van der Waals surface area (Å²) in [5.74, 6) is 0.271. The zero-order valence-electron chi connectivity index (χ0n) is 9.93. The van der Waals surface area contributed by atoms with Gasteiger partial charge in [0.2, 0.25) is 0 Å². The van der Waals surface area contributed by atoms with Crippen LogP contribution in [0.5, 0.6) is 5.75 Å². The second-order valence-electron chi connectivity index (χ2n) is 4.20. The van der Waals surface area contributed by atoms with Crippen molar-refractivity contribution < 1.29 is 23.0 Å². The summed E-state index contributed by atoms with van der Waals surface area (Å²) in [6.45, 7) is 4.90. The highest BCUT2D eigenvalue weighted by Gasteiger charge is 2.33. The standard InChI is InChI=1S/C12H15F3O2/c1-4-17-10-6-5-8(12(13,14)15)7-9(10)11(2,3)16/h5-7,16H,4H2,1-3H3. The molecule has 5 heteroatoms. The van der Waals surface area contributed by atoms with Crippen LogP contribution in [0.15, 0.2) is 18.2 Å². The molecule has 0 heterocycles. The van der Waals surface area contributed by atoms with Crippen LogP contribution in [-0.4, -0.2) is 11.7 Å².